The summed E-state index contributed by atoms with van der Waals surface area (Å²) >= 11 is 1.65. The second-order valence-corrected chi connectivity index (χ2v) is 10.6. The third-order valence-electron chi connectivity index (χ3n) is 6.89. The van der Waals surface area contributed by atoms with E-state index in [0.717, 1.165) is 60.2 Å². The molecule has 0 spiro atoms. The maximum atomic E-state index is 13.2. The van der Waals surface area contributed by atoms with E-state index in [2.05, 4.69) is 12.2 Å². The van der Waals surface area contributed by atoms with Gasteiger partial charge in [-0.25, -0.2) is 9.38 Å². The Morgan fingerprint density at radius 2 is 1.97 bits per heavy atom. The number of hydrogen-bond donors (Lipinski definition) is 1. The van der Waals surface area contributed by atoms with Crippen LogP contribution in [0.3, 0.4) is 0 Å². The van der Waals surface area contributed by atoms with Crippen LogP contribution in [0.25, 0.3) is 0 Å². The standard InChI is InChI=1S/C29H31FN2O3S/c1-3-18-6-12-23-26(15-18)36-29(27(23)28(33)32-22-10-11-22)31-16-20-7-13-24(34-2)25(14-20)35-17-19-4-8-21(30)9-5-19/h4-5,7-9,13-14,16,18,22H,3,6,10-12,15,17H2,1-2H3,(H,32,33)/t18-/m0/s1. The summed E-state index contributed by atoms with van der Waals surface area (Å²) in [5, 5.41) is 3.94. The first kappa shape index (κ1) is 24.5. The van der Waals surface area contributed by atoms with Crippen LogP contribution in [0.15, 0.2) is 47.5 Å². The molecule has 36 heavy (non-hydrogen) atoms. The Balaban J connectivity index is 1.39. The third kappa shape index (κ3) is 5.62. The van der Waals surface area contributed by atoms with Gasteiger partial charge < -0.3 is 14.8 Å². The van der Waals surface area contributed by atoms with Crippen LogP contribution < -0.4 is 14.8 Å². The van der Waals surface area contributed by atoms with Crippen molar-refractivity contribution in [1.82, 2.24) is 5.32 Å². The first-order chi connectivity index (χ1) is 17.5. The van der Waals surface area contributed by atoms with E-state index in [-0.39, 0.29) is 11.7 Å². The number of amides is 1. The molecule has 5 nitrogen and oxygen atoms in total. The van der Waals surface area contributed by atoms with Crippen molar-refractivity contribution in [1.29, 1.82) is 0 Å². The largest absolute Gasteiger partial charge is 0.493 e. The second-order valence-electron chi connectivity index (χ2n) is 9.53. The molecule has 1 N–H and O–H groups in total. The first-order valence-electron chi connectivity index (χ1n) is 12.6. The van der Waals surface area contributed by atoms with Crippen LogP contribution >= 0.6 is 11.3 Å². The van der Waals surface area contributed by atoms with Gasteiger partial charge in [0.1, 0.15) is 17.4 Å². The van der Waals surface area contributed by atoms with Crippen molar-refractivity contribution in [3.8, 4) is 11.5 Å². The molecular formula is C29H31FN2O3S. The number of fused-ring (bicyclic) bond motifs is 1. The maximum Gasteiger partial charge on any atom is 0.254 e. The van der Waals surface area contributed by atoms with Gasteiger partial charge in [0.05, 0.1) is 12.7 Å². The van der Waals surface area contributed by atoms with Crippen LogP contribution in [-0.2, 0) is 19.4 Å². The van der Waals surface area contributed by atoms with Crippen molar-refractivity contribution in [3.05, 3.63) is 75.4 Å². The number of thiophene rings is 1. The predicted octanol–water partition coefficient (Wildman–Crippen LogP) is 6.63. The van der Waals surface area contributed by atoms with Crippen LogP contribution in [0.5, 0.6) is 11.5 Å². The van der Waals surface area contributed by atoms with E-state index in [0.29, 0.717) is 30.1 Å². The lowest BCUT2D eigenvalue weighted by atomic mass is 9.85. The van der Waals surface area contributed by atoms with E-state index in [1.54, 1.807) is 36.8 Å². The minimum absolute atomic E-state index is 0.00940. The summed E-state index contributed by atoms with van der Waals surface area (Å²) in [6, 6.07) is 12.2. The maximum absolute atomic E-state index is 13.2. The normalized spacial score (nSPS) is 17.1. The Kier molecular flexibility index (Phi) is 7.37. The van der Waals surface area contributed by atoms with Crippen molar-refractivity contribution in [2.24, 2.45) is 10.9 Å². The molecule has 1 saturated carbocycles. The number of carbonyl (C=O) groups is 1. The smallest absolute Gasteiger partial charge is 0.254 e. The number of nitrogens with one attached hydrogen (secondary N) is 1. The fourth-order valence-corrected chi connectivity index (χ4v) is 5.86. The quantitative estimate of drug-likeness (QED) is 0.331. The number of carbonyl (C=O) groups excluding carboxylic acids is 1. The monoisotopic (exact) mass is 506 g/mol. The number of ether oxygens (including phenoxy) is 2. The van der Waals surface area contributed by atoms with Gasteiger partial charge in [0, 0.05) is 17.1 Å². The van der Waals surface area contributed by atoms with Crippen LogP contribution in [0.2, 0.25) is 0 Å². The first-order valence-corrected chi connectivity index (χ1v) is 13.4. The van der Waals surface area contributed by atoms with E-state index in [4.69, 9.17) is 14.5 Å². The lowest BCUT2D eigenvalue weighted by Gasteiger charge is -2.21. The Hall–Kier alpha value is -3.19. The SMILES string of the molecule is CC[C@H]1CCc2c(sc(N=Cc3ccc(OC)c(OCc4ccc(F)cc4)c3)c2C(=O)NC2CC2)C1. The van der Waals surface area contributed by atoms with Crippen molar-refractivity contribution < 1.29 is 18.7 Å². The number of benzene rings is 2. The highest BCUT2D eigenvalue weighted by molar-refractivity contribution is 7.16. The van der Waals surface area contributed by atoms with Crippen LogP contribution in [-0.4, -0.2) is 25.3 Å². The summed E-state index contributed by atoms with van der Waals surface area (Å²) in [5.41, 5.74) is 3.65. The molecule has 3 aromatic rings. The minimum atomic E-state index is -0.278. The van der Waals surface area contributed by atoms with Gasteiger partial charge >= 0.3 is 0 Å². The van der Waals surface area contributed by atoms with Crippen molar-refractivity contribution in [3.63, 3.8) is 0 Å². The molecule has 0 aliphatic heterocycles. The van der Waals surface area contributed by atoms with E-state index >= 15 is 0 Å². The van der Waals surface area contributed by atoms with Crippen LogP contribution in [0, 0.1) is 11.7 Å². The van der Waals surface area contributed by atoms with Crippen LogP contribution in [0.1, 0.15) is 64.5 Å². The number of rotatable bonds is 9. The molecule has 2 aliphatic rings. The Morgan fingerprint density at radius 3 is 2.69 bits per heavy atom. The third-order valence-corrected chi connectivity index (χ3v) is 8.05. The molecule has 1 fully saturated rings. The molecule has 2 aromatic carbocycles. The molecular weight excluding hydrogens is 475 g/mol. The zero-order valence-electron chi connectivity index (χ0n) is 20.7. The molecule has 5 rings (SSSR count). The molecule has 1 atom stereocenters. The molecule has 188 valence electrons. The molecule has 0 saturated heterocycles. The zero-order valence-corrected chi connectivity index (χ0v) is 21.5. The fraction of sp³-hybridized carbons (Fsp3) is 0.379. The molecule has 1 aromatic heterocycles. The number of nitrogens with zero attached hydrogens (tertiary/aromatic N) is 1. The molecule has 0 bridgehead atoms. The van der Waals surface area contributed by atoms with E-state index in [1.807, 2.05) is 18.2 Å². The van der Waals surface area contributed by atoms with Crippen molar-refractivity contribution in [2.45, 2.75) is 58.1 Å². The molecule has 2 aliphatic carbocycles. The van der Waals surface area contributed by atoms with Gasteiger partial charge in [-0.15, -0.1) is 11.3 Å². The number of aliphatic imine (C=N–C) groups is 1. The van der Waals surface area contributed by atoms with Crippen molar-refractivity contribution in [2.75, 3.05) is 7.11 Å². The molecule has 1 amide bonds. The van der Waals surface area contributed by atoms with Gasteiger partial charge in [-0.05, 0) is 85.0 Å². The average molecular weight is 507 g/mol. The minimum Gasteiger partial charge on any atom is -0.493 e. The summed E-state index contributed by atoms with van der Waals surface area (Å²) in [6.07, 6.45) is 8.15. The molecule has 0 unspecified atom stereocenters. The summed E-state index contributed by atoms with van der Waals surface area (Å²) in [4.78, 5) is 19.3. The summed E-state index contributed by atoms with van der Waals surface area (Å²) in [6.45, 7) is 2.53. The fourth-order valence-electron chi connectivity index (χ4n) is 4.56. The zero-order chi connectivity index (χ0) is 25.1. The predicted molar refractivity (Wildman–Crippen MR) is 142 cm³/mol. The second kappa shape index (κ2) is 10.8. The summed E-state index contributed by atoms with van der Waals surface area (Å²) in [5.74, 6) is 1.59. The average Bonchev–Trinajstić information content (AvgIpc) is 3.63. The Labute approximate surface area is 215 Å². The number of halogens is 1. The number of hydrogen-bond acceptors (Lipinski definition) is 5. The van der Waals surface area contributed by atoms with Crippen molar-refractivity contribution >= 4 is 28.5 Å². The van der Waals surface area contributed by atoms with Gasteiger partial charge in [-0.1, -0.05) is 25.5 Å². The lowest BCUT2D eigenvalue weighted by molar-refractivity contribution is 0.0951. The lowest BCUT2D eigenvalue weighted by Crippen LogP contribution is -2.26. The Bertz CT molecular complexity index is 1260. The van der Waals surface area contributed by atoms with Crippen LogP contribution in [0.4, 0.5) is 9.39 Å². The topological polar surface area (TPSA) is 59.9 Å². The number of methoxy groups -OCH3 is 1. The summed E-state index contributed by atoms with van der Waals surface area (Å²) in [7, 11) is 1.60. The van der Waals surface area contributed by atoms with Gasteiger partial charge in [-0.3, -0.25) is 4.79 Å². The van der Waals surface area contributed by atoms with Gasteiger partial charge in [0.15, 0.2) is 11.5 Å². The highest BCUT2D eigenvalue weighted by Crippen LogP contribution is 2.42. The highest BCUT2D eigenvalue weighted by atomic mass is 32.1. The van der Waals surface area contributed by atoms with Gasteiger partial charge in [0.25, 0.3) is 5.91 Å². The highest BCUT2D eigenvalue weighted by Gasteiger charge is 2.31. The van der Waals surface area contributed by atoms with E-state index in [9.17, 15) is 9.18 Å². The molecule has 0 radical (unpaired) electrons. The molecule has 7 heteroatoms. The van der Waals surface area contributed by atoms with E-state index in [1.165, 1.54) is 22.6 Å². The summed E-state index contributed by atoms with van der Waals surface area (Å²) < 4.78 is 24.6. The Morgan fingerprint density at radius 1 is 1.17 bits per heavy atom. The van der Waals surface area contributed by atoms with E-state index < -0.39 is 0 Å². The van der Waals surface area contributed by atoms with Gasteiger partial charge in [-0.2, -0.15) is 0 Å². The van der Waals surface area contributed by atoms with Gasteiger partial charge in [0.2, 0.25) is 0 Å². The molecule has 1 heterocycles.